The van der Waals surface area contributed by atoms with Crippen LogP contribution in [0.1, 0.15) is 27.0 Å². The Labute approximate surface area is 196 Å². The summed E-state index contributed by atoms with van der Waals surface area (Å²) >= 11 is 0. The van der Waals surface area contributed by atoms with Crippen molar-refractivity contribution in [2.24, 2.45) is 7.05 Å². The van der Waals surface area contributed by atoms with Gasteiger partial charge in [-0.15, -0.1) is 0 Å². The highest BCUT2D eigenvalue weighted by atomic mass is 32.2. The van der Waals surface area contributed by atoms with E-state index in [1.165, 1.54) is 16.7 Å². The van der Waals surface area contributed by atoms with E-state index in [1.807, 2.05) is 49.4 Å². The first-order chi connectivity index (χ1) is 16.2. The number of nitrogens with zero attached hydrogens (tertiary/aromatic N) is 2. The number of carbonyl (C=O) groups is 1. The van der Waals surface area contributed by atoms with Gasteiger partial charge in [-0.05, 0) is 54.8 Å². The normalized spacial score (nSPS) is 13.4. The van der Waals surface area contributed by atoms with Gasteiger partial charge in [0.25, 0.3) is 5.91 Å². The average Bonchev–Trinajstić information content (AvgIpc) is 3.37. The zero-order valence-electron chi connectivity index (χ0n) is 18.7. The Bertz CT molecular complexity index is 1600. The molecule has 1 amide bonds. The van der Waals surface area contributed by atoms with Gasteiger partial charge < -0.3 is 9.32 Å². The van der Waals surface area contributed by atoms with Gasteiger partial charge in [-0.3, -0.25) is 9.36 Å². The summed E-state index contributed by atoms with van der Waals surface area (Å²) in [5, 5.41) is 0. The van der Waals surface area contributed by atoms with Crippen molar-refractivity contribution in [1.82, 2.24) is 9.29 Å². The third-order valence-electron chi connectivity index (χ3n) is 6.09. The third-order valence-corrected chi connectivity index (χ3v) is 7.49. The van der Waals surface area contributed by atoms with Crippen molar-refractivity contribution in [3.8, 4) is 0 Å². The fourth-order valence-corrected chi connectivity index (χ4v) is 5.29. The van der Waals surface area contributed by atoms with Gasteiger partial charge in [0, 0.05) is 37.5 Å². The Morgan fingerprint density at radius 2 is 1.91 bits per heavy atom. The lowest BCUT2D eigenvalue weighted by molar-refractivity contribution is 0.0989. The number of fused-ring (bicyclic) bond motifs is 2. The Morgan fingerprint density at radius 1 is 1.09 bits per heavy atom. The van der Waals surface area contributed by atoms with Gasteiger partial charge in [0.15, 0.2) is 5.58 Å². The molecule has 1 aliphatic rings. The molecule has 0 saturated heterocycles. The predicted octanol–water partition coefficient (Wildman–Crippen LogP) is 3.12. The number of hydrogen-bond acceptors (Lipinski definition) is 5. The van der Waals surface area contributed by atoms with Gasteiger partial charge >= 0.3 is 5.76 Å². The van der Waals surface area contributed by atoms with Gasteiger partial charge in [-0.1, -0.05) is 29.8 Å². The number of aromatic nitrogens is 1. The Kier molecular flexibility index (Phi) is 5.38. The molecule has 1 aromatic heterocycles. The molecule has 34 heavy (non-hydrogen) atoms. The number of sulfonamides is 1. The summed E-state index contributed by atoms with van der Waals surface area (Å²) in [5.41, 5.74) is 5.06. The van der Waals surface area contributed by atoms with Gasteiger partial charge in [0.1, 0.15) is 0 Å². The molecule has 0 saturated carbocycles. The molecule has 0 unspecified atom stereocenters. The zero-order chi connectivity index (χ0) is 24.0. The molecule has 4 aromatic rings. The minimum Gasteiger partial charge on any atom is -0.408 e. The molecular weight excluding hydrogens is 454 g/mol. The molecule has 0 spiro atoms. The van der Waals surface area contributed by atoms with Gasteiger partial charge in [0.05, 0.1) is 10.4 Å². The number of anilines is 1. The second kappa shape index (κ2) is 8.27. The second-order valence-corrected chi connectivity index (χ2v) is 10.2. The van der Waals surface area contributed by atoms with Crippen LogP contribution in [0.5, 0.6) is 0 Å². The van der Waals surface area contributed by atoms with E-state index in [1.54, 1.807) is 18.0 Å². The van der Waals surface area contributed by atoms with Crippen molar-refractivity contribution in [1.29, 1.82) is 0 Å². The molecule has 0 radical (unpaired) electrons. The zero-order valence-corrected chi connectivity index (χ0v) is 19.6. The van der Waals surface area contributed by atoms with E-state index in [0.29, 0.717) is 24.0 Å². The molecule has 5 rings (SSSR count). The maximum Gasteiger partial charge on any atom is 0.419 e. The van der Waals surface area contributed by atoms with Gasteiger partial charge in [0.2, 0.25) is 10.0 Å². The molecule has 1 N–H and O–H groups in total. The highest BCUT2D eigenvalue weighted by Gasteiger charge is 2.26. The topological polar surface area (TPSA) is 102 Å². The van der Waals surface area contributed by atoms with E-state index in [-0.39, 0.29) is 22.9 Å². The largest absolute Gasteiger partial charge is 0.419 e. The lowest BCUT2D eigenvalue weighted by Crippen LogP contribution is -2.28. The standard InChI is InChI=1S/C25H23N3O5S/c1-16-4-3-5-19(12-16)24(29)28-11-10-18-13-17(6-8-21(18)28)15-26-34(31,32)20-7-9-22-23(14-20)33-25(30)27(22)2/h3-9,12-14,26H,10-11,15H2,1-2H3. The van der Waals surface area contributed by atoms with E-state index in [2.05, 4.69) is 4.72 Å². The number of amides is 1. The smallest absolute Gasteiger partial charge is 0.408 e. The van der Waals surface area contributed by atoms with E-state index in [0.717, 1.165) is 22.4 Å². The second-order valence-electron chi connectivity index (χ2n) is 8.42. The molecule has 2 heterocycles. The lowest BCUT2D eigenvalue weighted by Gasteiger charge is -2.18. The quantitative estimate of drug-likeness (QED) is 0.476. The number of aryl methyl sites for hydroxylation is 2. The van der Waals surface area contributed by atoms with Crippen molar-refractivity contribution >= 4 is 32.7 Å². The highest BCUT2D eigenvalue weighted by molar-refractivity contribution is 7.89. The highest BCUT2D eigenvalue weighted by Crippen LogP contribution is 2.30. The Balaban J connectivity index is 1.32. The van der Waals surface area contributed by atoms with E-state index >= 15 is 0 Å². The number of oxazole rings is 1. The Morgan fingerprint density at radius 3 is 2.71 bits per heavy atom. The summed E-state index contributed by atoms with van der Waals surface area (Å²) in [7, 11) is -2.26. The minimum absolute atomic E-state index is 0.0189. The fourth-order valence-electron chi connectivity index (χ4n) is 4.25. The van der Waals surface area contributed by atoms with E-state index in [9.17, 15) is 18.0 Å². The van der Waals surface area contributed by atoms with Crippen LogP contribution in [0.15, 0.2) is 74.8 Å². The van der Waals surface area contributed by atoms with Crippen molar-refractivity contribution in [3.63, 3.8) is 0 Å². The summed E-state index contributed by atoms with van der Waals surface area (Å²) in [6.07, 6.45) is 0.706. The van der Waals surface area contributed by atoms with Crippen molar-refractivity contribution in [2.75, 3.05) is 11.4 Å². The van der Waals surface area contributed by atoms with E-state index < -0.39 is 15.8 Å². The molecule has 1 aliphatic heterocycles. The van der Waals surface area contributed by atoms with Crippen LogP contribution in [0.2, 0.25) is 0 Å². The van der Waals surface area contributed by atoms with Crippen LogP contribution in [0.4, 0.5) is 5.69 Å². The van der Waals surface area contributed by atoms with E-state index in [4.69, 9.17) is 4.42 Å². The van der Waals surface area contributed by atoms with Gasteiger partial charge in [-0.25, -0.2) is 17.9 Å². The SMILES string of the molecule is Cc1cccc(C(=O)N2CCc3cc(CNS(=O)(=O)c4ccc5c(c4)oc(=O)n5C)ccc32)c1. The van der Waals surface area contributed by atoms with Crippen molar-refractivity contribution in [3.05, 3.63) is 93.5 Å². The molecule has 0 atom stereocenters. The molecule has 8 nitrogen and oxygen atoms in total. The number of rotatable bonds is 5. The van der Waals surface area contributed by atoms with Crippen LogP contribution in [-0.2, 0) is 30.0 Å². The van der Waals surface area contributed by atoms with Crippen LogP contribution in [-0.4, -0.2) is 25.4 Å². The first-order valence-electron chi connectivity index (χ1n) is 10.8. The summed E-state index contributed by atoms with van der Waals surface area (Å²) in [6.45, 7) is 2.63. The molecular formula is C25H23N3O5S. The number of carbonyl (C=O) groups excluding carboxylic acids is 1. The number of hydrogen-bond donors (Lipinski definition) is 1. The monoisotopic (exact) mass is 477 g/mol. The maximum absolute atomic E-state index is 13.0. The molecule has 3 aromatic carbocycles. The first kappa shape index (κ1) is 22.1. The van der Waals surface area contributed by atoms with Crippen LogP contribution in [0.25, 0.3) is 11.1 Å². The predicted molar refractivity (Wildman–Crippen MR) is 128 cm³/mol. The van der Waals surface area contributed by atoms with Crippen molar-refractivity contribution in [2.45, 2.75) is 24.8 Å². The van der Waals surface area contributed by atoms with Crippen LogP contribution in [0, 0.1) is 6.92 Å². The lowest BCUT2D eigenvalue weighted by atomic mass is 10.1. The molecule has 0 bridgehead atoms. The molecule has 174 valence electrons. The summed E-state index contributed by atoms with van der Waals surface area (Å²) < 4.78 is 34.6. The maximum atomic E-state index is 13.0. The Hall–Kier alpha value is -3.69. The summed E-state index contributed by atoms with van der Waals surface area (Å²) in [4.78, 5) is 26.4. The average molecular weight is 478 g/mol. The minimum atomic E-state index is -3.82. The fraction of sp³-hybridized carbons (Fsp3) is 0.200. The van der Waals surface area contributed by atoms with Crippen LogP contribution < -0.4 is 15.4 Å². The molecule has 9 heteroatoms. The summed E-state index contributed by atoms with van der Waals surface area (Å²) in [5.74, 6) is -0.593. The van der Waals surface area contributed by atoms with Crippen LogP contribution in [0.3, 0.4) is 0 Å². The summed E-state index contributed by atoms with van der Waals surface area (Å²) in [6, 6.07) is 17.5. The molecule has 0 aliphatic carbocycles. The molecule has 0 fully saturated rings. The number of nitrogens with one attached hydrogen (secondary N) is 1. The van der Waals surface area contributed by atoms with Gasteiger partial charge in [-0.2, -0.15) is 0 Å². The van der Waals surface area contributed by atoms with Crippen LogP contribution >= 0.6 is 0 Å². The third kappa shape index (κ3) is 3.93. The van der Waals surface area contributed by atoms with Crippen molar-refractivity contribution < 1.29 is 17.6 Å². The number of benzene rings is 3. The first-order valence-corrected chi connectivity index (χ1v) is 12.3.